The fraction of sp³-hybridized carbons (Fsp3) is 0.259. The molecular weight excluding hydrogens is 401 g/mol. The molecule has 0 bridgehead atoms. The van der Waals surface area contributed by atoms with E-state index >= 15 is 0 Å². The molecule has 1 atom stereocenters. The molecule has 0 spiro atoms. The van der Waals surface area contributed by atoms with Gasteiger partial charge in [0.05, 0.1) is 25.5 Å². The molecule has 2 heterocycles. The van der Waals surface area contributed by atoms with Crippen molar-refractivity contribution >= 4 is 11.9 Å². The van der Waals surface area contributed by atoms with Crippen molar-refractivity contribution in [1.29, 1.82) is 0 Å². The van der Waals surface area contributed by atoms with E-state index in [-0.39, 0.29) is 11.7 Å². The topological polar surface area (TPSA) is 37.7 Å². The summed E-state index contributed by atoms with van der Waals surface area (Å²) in [4.78, 5) is 11.0. The van der Waals surface area contributed by atoms with Crippen LogP contribution in [0.4, 0.5) is 10.1 Å². The lowest BCUT2D eigenvalue weighted by Gasteiger charge is -2.32. The number of pyridine rings is 1. The minimum atomic E-state index is -0.330. The number of aliphatic imine (C=N–C) groups is 1. The van der Waals surface area contributed by atoms with E-state index in [2.05, 4.69) is 53.0 Å². The lowest BCUT2D eigenvalue weighted by Crippen LogP contribution is -2.30. The van der Waals surface area contributed by atoms with Crippen LogP contribution in [-0.2, 0) is 0 Å². The van der Waals surface area contributed by atoms with Crippen molar-refractivity contribution in [3.63, 3.8) is 0 Å². The number of allylic oxidation sites excluding steroid dienone is 5. The predicted octanol–water partition coefficient (Wildman–Crippen LogP) is 6.73. The van der Waals surface area contributed by atoms with E-state index in [1.165, 1.54) is 23.3 Å². The van der Waals surface area contributed by atoms with Gasteiger partial charge in [-0.25, -0.2) is 4.39 Å². The highest BCUT2D eigenvalue weighted by Gasteiger charge is 2.24. The summed E-state index contributed by atoms with van der Waals surface area (Å²) in [6.45, 7) is 8.83. The summed E-state index contributed by atoms with van der Waals surface area (Å²) in [7, 11) is 1.55. The van der Waals surface area contributed by atoms with Gasteiger partial charge >= 0.3 is 0 Å². The van der Waals surface area contributed by atoms with Gasteiger partial charge in [0.15, 0.2) is 0 Å². The van der Waals surface area contributed by atoms with E-state index < -0.39 is 0 Å². The van der Waals surface area contributed by atoms with Crippen molar-refractivity contribution in [2.45, 2.75) is 27.7 Å². The molecule has 1 aromatic heterocycles. The van der Waals surface area contributed by atoms with Crippen LogP contribution >= 0.6 is 0 Å². The van der Waals surface area contributed by atoms with Gasteiger partial charge in [-0.15, -0.1) is 0 Å². The first-order valence-electron chi connectivity index (χ1n) is 10.9. The molecule has 2 aliphatic rings. The Kier molecular flexibility index (Phi) is 7.77. The van der Waals surface area contributed by atoms with Crippen LogP contribution in [0.1, 0.15) is 27.7 Å². The van der Waals surface area contributed by atoms with Gasteiger partial charge in [-0.05, 0) is 32.0 Å². The summed E-state index contributed by atoms with van der Waals surface area (Å²) in [5.74, 6) is 0.242. The second-order valence-corrected chi connectivity index (χ2v) is 7.42. The third kappa shape index (κ3) is 5.05. The molecule has 0 saturated heterocycles. The van der Waals surface area contributed by atoms with Crippen molar-refractivity contribution in [3.8, 4) is 16.9 Å². The number of hydrogen-bond donors (Lipinski definition) is 0. The van der Waals surface area contributed by atoms with Gasteiger partial charge in [0.2, 0.25) is 0 Å². The number of aromatic nitrogens is 1. The van der Waals surface area contributed by atoms with Gasteiger partial charge in [-0.2, -0.15) is 0 Å². The monoisotopic (exact) mass is 431 g/mol. The second-order valence-electron chi connectivity index (χ2n) is 7.42. The van der Waals surface area contributed by atoms with Crippen LogP contribution in [0, 0.1) is 11.7 Å². The fourth-order valence-corrected chi connectivity index (χ4v) is 3.89. The Balaban J connectivity index is 0.00000141. The van der Waals surface area contributed by atoms with Crippen molar-refractivity contribution in [3.05, 3.63) is 89.8 Å². The van der Waals surface area contributed by atoms with Crippen molar-refractivity contribution in [1.82, 2.24) is 4.98 Å². The van der Waals surface area contributed by atoms with Gasteiger partial charge in [0, 0.05) is 47.4 Å². The lowest BCUT2D eigenvalue weighted by molar-refractivity contribution is 0.413. The SMILES string of the molecule is CC.COc1cc(F)ccc1-c1ccncc1N1CC=NC=C1C1C=CC(C)=CC(C)=C1. The highest BCUT2D eigenvalue weighted by molar-refractivity contribution is 5.85. The Morgan fingerprint density at radius 1 is 1.09 bits per heavy atom. The first-order chi connectivity index (χ1) is 15.6. The van der Waals surface area contributed by atoms with E-state index in [0.717, 1.165) is 22.5 Å². The summed E-state index contributed by atoms with van der Waals surface area (Å²) in [6, 6.07) is 6.54. The highest BCUT2D eigenvalue weighted by atomic mass is 19.1. The number of anilines is 1. The van der Waals surface area contributed by atoms with E-state index in [4.69, 9.17) is 4.74 Å². The molecule has 0 N–H and O–H groups in total. The Labute approximate surface area is 190 Å². The molecule has 4 nitrogen and oxygen atoms in total. The highest BCUT2D eigenvalue weighted by Crippen LogP contribution is 2.39. The molecule has 5 heteroatoms. The molecule has 32 heavy (non-hydrogen) atoms. The summed E-state index contributed by atoms with van der Waals surface area (Å²) in [5.41, 5.74) is 6.16. The Hall–Kier alpha value is -3.47. The Bertz CT molecular complexity index is 1110. The van der Waals surface area contributed by atoms with Gasteiger partial charge < -0.3 is 9.64 Å². The number of hydrogen-bond acceptors (Lipinski definition) is 4. The van der Waals surface area contributed by atoms with E-state index in [1.807, 2.05) is 38.5 Å². The van der Waals surface area contributed by atoms with Crippen LogP contribution in [0.3, 0.4) is 0 Å². The van der Waals surface area contributed by atoms with Gasteiger partial charge in [0.1, 0.15) is 11.6 Å². The predicted molar refractivity (Wildman–Crippen MR) is 132 cm³/mol. The zero-order chi connectivity index (χ0) is 23.1. The number of rotatable bonds is 4. The minimum absolute atomic E-state index is 0.0827. The van der Waals surface area contributed by atoms with Crippen LogP contribution in [0.5, 0.6) is 5.75 Å². The molecule has 1 aliphatic heterocycles. The van der Waals surface area contributed by atoms with Crippen LogP contribution in [0.2, 0.25) is 0 Å². The van der Waals surface area contributed by atoms with E-state index in [1.54, 1.807) is 19.4 Å². The van der Waals surface area contributed by atoms with E-state index in [9.17, 15) is 4.39 Å². The zero-order valence-corrected chi connectivity index (χ0v) is 19.3. The largest absolute Gasteiger partial charge is 0.496 e. The third-order valence-corrected chi connectivity index (χ3v) is 5.24. The Morgan fingerprint density at radius 3 is 2.69 bits per heavy atom. The first kappa shape index (κ1) is 23.2. The maximum Gasteiger partial charge on any atom is 0.129 e. The molecule has 1 aliphatic carbocycles. The summed E-state index contributed by atoms with van der Waals surface area (Å²) < 4.78 is 19.2. The summed E-state index contributed by atoms with van der Waals surface area (Å²) in [6.07, 6.45) is 16.1. The standard InChI is InChI=1S/C25H24FN3O.C2H6/c1-17-4-5-19(13-18(2)12-17)23-15-28-10-11-29(23)24-16-27-9-8-21(24)22-7-6-20(26)14-25(22)30-3;1-2/h4-10,12-16,19H,11H2,1-3H3;1-2H3. The van der Waals surface area contributed by atoms with Crippen molar-refractivity contribution < 1.29 is 9.13 Å². The van der Waals surface area contributed by atoms with Crippen LogP contribution < -0.4 is 9.64 Å². The molecular formula is C27H30FN3O. The normalized spacial score (nSPS) is 17.5. The van der Waals surface area contributed by atoms with Gasteiger partial charge in [-0.3, -0.25) is 9.98 Å². The number of nitrogens with zero attached hydrogens (tertiary/aromatic N) is 3. The second kappa shape index (κ2) is 10.7. The first-order valence-corrected chi connectivity index (χ1v) is 10.9. The molecule has 1 unspecified atom stereocenters. The molecule has 1 aromatic carbocycles. The summed E-state index contributed by atoms with van der Waals surface area (Å²) >= 11 is 0. The number of ether oxygens (including phenoxy) is 1. The molecule has 0 saturated carbocycles. The van der Waals surface area contributed by atoms with Gasteiger partial charge in [-0.1, -0.05) is 49.3 Å². The molecule has 166 valence electrons. The van der Waals surface area contributed by atoms with Crippen molar-refractivity contribution in [2.24, 2.45) is 10.9 Å². The number of halogens is 1. The number of benzene rings is 1. The molecule has 0 amide bonds. The fourth-order valence-electron chi connectivity index (χ4n) is 3.89. The van der Waals surface area contributed by atoms with Crippen molar-refractivity contribution in [2.75, 3.05) is 18.6 Å². The molecule has 0 fully saturated rings. The van der Waals surface area contributed by atoms with Crippen LogP contribution in [0.25, 0.3) is 11.1 Å². The number of methoxy groups -OCH3 is 1. The lowest BCUT2D eigenvalue weighted by atomic mass is 9.98. The zero-order valence-electron chi connectivity index (χ0n) is 19.3. The maximum absolute atomic E-state index is 13.8. The van der Waals surface area contributed by atoms with Gasteiger partial charge in [0.25, 0.3) is 0 Å². The quantitative estimate of drug-likeness (QED) is 0.538. The average molecular weight is 432 g/mol. The average Bonchev–Trinajstić information content (AvgIpc) is 3.00. The smallest absolute Gasteiger partial charge is 0.129 e. The van der Waals surface area contributed by atoms with E-state index in [0.29, 0.717) is 12.3 Å². The third-order valence-electron chi connectivity index (χ3n) is 5.24. The van der Waals surface area contributed by atoms with Crippen LogP contribution in [-0.4, -0.2) is 24.9 Å². The van der Waals surface area contributed by atoms with Crippen LogP contribution in [0.15, 0.2) is 89.0 Å². The Morgan fingerprint density at radius 2 is 1.91 bits per heavy atom. The minimum Gasteiger partial charge on any atom is -0.496 e. The summed E-state index contributed by atoms with van der Waals surface area (Å²) in [5, 5.41) is 0. The molecule has 4 rings (SSSR count). The molecule has 0 radical (unpaired) electrons. The maximum atomic E-state index is 13.8. The molecule has 2 aromatic rings.